The van der Waals surface area contributed by atoms with E-state index in [0.717, 1.165) is 47.3 Å². The molecule has 4 aromatic rings. The summed E-state index contributed by atoms with van der Waals surface area (Å²) in [5.41, 5.74) is 4.12. The van der Waals surface area contributed by atoms with Crippen LogP contribution in [0.3, 0.4) is 0 Å². The van der Waals surface area contributed by atoms with Crippen LogP contribution in [-0.4, -0.2) is 35.0 Å². The summed E-state index contributed by atoms with van der Waals surface area (Å²) in [6, 6.07) is 16.4. The van der Waals surface area contributed by atoms with Gasteiger partial charge in [0.25, 0.3) is 0 Å². The van der Waals surface area contributed by atoms with E-state index in [4.69, 9.17) is 0 Å². The quantitative estimate of drug-likeness (QED) is 0.433. The molecule has 2 aromatic carbocycles. The van der Waals surface area contributed by atoms with Crippen molar-refractivity contribution in [3.8, 4) is 22.5 Å². The second kappa shape index (κ2) is 9.72. The molecule has 0 aliphatic carbocycles. The molecule has 166 valence electrons. The predicted octanol–water partition coefficient (Wildman–Crippen LogP) is 3.94. The summed E-state index contributed by atoms with van der Waals surface area (Å²) in [4.78, 5) is 12.9. The van der Waals surface area contributed by atoms with Crippen LogP contribution >= 0.6 is 0 Å². The van der Waals surface area contributed by atoms with Gasteiger partial charge in [0.15, 0.2) is 0 Å². The average Bonchev–Trinajstić information content (AvgIpc) is 3.43. The number of aryl methyl sites for hydroxylation is 2. The normalized spacial score (nSPS) is 11.4. The molecule has 4 rings (SSSR count). The van der Waals surface area contributed by atoms with Gasteiger partial charge in [0.1, 0.15) is 5.82 Å². The molecule has 0 aliphatic rings. The van der Waals surface area contributed by atoms with Gasteiger partial charge in [-0.1, -0.05) is 63.2 Å². The Morgan fingerprint density at radius 2 is 1.81 bits per heavy atom. The standard InChI is InChI=1S/C24H29N7O/c1-4-14-31-24(32)30(22(27-31)13-8-17(2)3)16-18-9-11-19(12-10-18)20-6-5-7-21(15-20)23-25-28-29-26-23/h5-7,9-12,15,17H,4,8,13-14,16H2,1-3H3,(H,25,26,28,29). The minimum Gasteiger partial charge on any atom is -0.274 e. The number of hydrogen-bond acceptors (Lipinski definition) is 5. The Morgan fingerprint density at radius 1 is 1.03 bits per heavy atom. The van der Waals surface area contributed by atoms with Gasteiger partial charge in [0, 0.05) is 18.5 Å². The summed E-state index contributed by atoms with van der Waals surface area (Å²) in [6.07, 6.45) is 2.71. The molecule has 8 heteroatoms. The molecule has 0 saturated heterocycles. The molecule has 0 amide bonds. The first-order chi connectivity index (χ1) is 15.5. The average molecular weight is 432 g/mol. The van der Waals surface area contributed by atoms with Crippen molar-refractivity contribution in [1.82, 2.24) is 35.0 Å². The van der Waals surface area contributed by atoms with E-state index in [1.54, 1.807) is 4.68 Å². The molecular formula is C24H29N7O. The van der Waals surface area contributed by atoms with E-state index < -0.39 is 0 Å². The highest BCUT2D eigenvalue weighted by atomic mass is 16.2. The third-order valence-electron chi connectivity index (χ3n) is 5.47. The van der Waals surface area contributed by atoms with Crippen molar-refractivity contribution >= 4 is 0 Å². The number of aromatic nitrogens is 7. The van der Waals surface area contributed by atoms with Crippen LogP contribution in [0.15, 0.2) is 53.3 Å². The highest BCUT2D eigenvalue weighted by molar-refractivity contribution is 5.70. The van der Waals surface area contributed by atoms with Crippen molar-refractivity contribution in [2.45, 2.75) is 53.1 Å². The number of benzene rings is 2. The Kier molecular flexibility index (Phi) is 6.58. The summed E-state index contributed by atoms with van der Waals surface area (Å²) in [6.45, 7) is 7.62. The van der Waals surface area contributed by atoms with E-state index in [1.807, 2.05) is 22.8 Å². The monoisotopic (exact) mass is 431 g/mol. The molecule has 0 bridgehead atoms. The molecule has 2 heterocycles. The van der Waals surface area contributed by atoms with Gasteiger partial charge < -0.3 is 0 Å². The van der Waals surface area contributed by atoms with Gasteiger partial charge in [-0.05, 0) is 46.7 Å². The molecule has 0 aliphatic heterocycles. The maximum Gasteiger partial charge on any atom is 0.346 e. The first-order valence-corrected chi connectivity index (χ1v) is 11.1. The Morgan fingerprint density at radius 3 is 2.50 bits per heavy atom. The topological polar surface area (TPSA) is 94.3 Å². The second-order valence-electron chi connectivity index (χ2n) is 8.45. The van der Waals surface area contributed by atoms with E-state index in [2.05, 4.69) is 76.8 Å². The predicted molar refractivity (Wildman–Crippen MR) is 124 cm³/mol. The lowest BCUT2D eigenvalue weighted by atomic mass is 10.0. The highest BCUT2D eigenvalue weighted by Crippen LogP contribution is 2.24. The molecule has 0 fully saturated rings. The number of aromatic amines is 1. The molecule has 8 nitrogen and oxygen atoms in total. The Balaban J connectivity index is 1.57. The van der Waals surface area contributed by atoms with Gasteiger partial charge in [0.2, 0.25) is 5.82 Å². The minimum absolute atomic E-state index is 0.0255. The Labute approximate surface area is 187 Å². The van der Waals surface area contributed by atoms with E-state index in [0.29, 0.717) is 24.8 Å². The molecule has 1 N–H and O–H groups in total. The largest absolute Gasteiger partial charge is 0.346 e. The molecule has 0 radical (unpaired) electrons. The fourth-order valence-electron chi connectivity index (χ4n) is 3.71. The van der Waals surface area contributed by atoms with Crippen LogP contribution in [0, 0.1) is 5.92 Å². The summed E-state index contributed by atoms with van der Waals surface area (Å²) in [7, 11) is 0. The van der Waals surface area contributed by atoms with Gasteiger partial charge >= 0.3 is 5.69 Å². The van der Waals surface area contributed by atoms with Gasteiger partial charge in [-0.25, -0.2) is 9.48 Å². The molecule has 0 atom stereocenters. The van der Waals surface area contributed by atoms with Crippen LogP contribution in [-0.2, 0) is 19.5 Å². The number of nitrogens with zero attached hydrogens (tertiary/aromatic N) is 6. The first-order valence-electron chi connectivity index (χ1n) is 11.1. The lowest BCUT2D eigenvalue weighted by Gasteiger charge is -2.09. The second-order valence-corrected chi connectivity index (χ2v) is 8.45. The van der Waals surface area contributed by atoms with Crippen molar-refractivity contribution in [3.63, 3.8) is 0 Å². The zero-order valence-corrected chi connectivity index (χ0v) is 18.8. The van der Waals surface area contributed by atoms with Crippen LogP contribution in [0.4, 0.5) is 0 Å². The van der Waals surface area contributed by atoms with Crippen molar-refractivity contribution in [2.75, 3.05) is 0 Å². The summed E-state index contributed by atoms with van der Waals surface area (Å²) >= 11 is 0. The molecule has 32 heavy (non-hydrogen) atoms. The smallest absolute Gasteiger partial charge is 0.274 e. The van der Waals surface area contributed by atoms with Gasteiger partial charge in [-0.2, -0.15) is 10.3 Å². The van der Waals surface area contributed by atoms with E-state index >= 15 is 0 Å². The van der Waals surface area contributed by atoms with Crippen molar-refractivity contribution in [2.24, 2.45) is 5.92 Å². The third kappa shape index (κ3) is 4.85. The third-order valence-corrected chi connectivity index (χ3v) is 5.47. The highest BCUT2D eigenvalue weighted by Gasteiger charge is 2.14. The molecule has 0 spiro atoms. The molecule has 2 aromatic heterocycles. The summed E-state index contributed by atoms with van der Waals surface area (Å²) in [5, 5.41) is 18.8. The number of H-pyrrole nitrogens is 1. The van der Waals surface area contributed by atoms with E-state index in [9.17, 15) is 4.79 Å². The van der Waals surface area contributed by atoms with Gasteiger partial charge in [0.05, 0.1) is 6.54 Å². The summed E-state index contributed by atoms with van der Waals surface area (Å²) in [5.74, 6) is 2.01. The first kappa shape index (κ1) is 21.7. The number of hydrogen-bond donors (Lipinski definition) is 1. The van der Waals surface area contributed by atoms with Crippen LogP contribution < -0.4 is 5.69 Å². The van der Waals surface area contributed by atoms with Crippen LogP contribution in [0.2, 0.25) is 0 Å². The minimum atomic E-state index is -0.0255. The zero-order chi connectivity index (χ0) is 22.5. The lowest BCUT2D eigenvalue weighted by Crippen LogP contribution is -2.26. The molecule has 0 saturated carbocycles. The van der Waals surface area contributed by atoms with Crippen LogP contribution in [0.1, 0.15) is 45.0 Å². The van der Waals surface area contributed by atoms with E-state index in [-0.39, 0.29) is 5.69 Å². The van der Waals surface area contributed by atoms with Gasteiger partial charge in [-0.15, -0.1) is 10.2 Å². The lowest BCUT2D eigenvalue weighted by molar-refractivity contribution is 0.551. The number of tetrazole rings is 1. The maximum absolute atomic E-state index is 12.9. The van der Waals surface area contributed by atoms with Crippen molar-refractivity contribution in [1.29, 1.82) is 0 Å². The van der Waals surface area contributed by atoms with Gasteiger partial charge in [-0.3, -0.25) is 4.57 Å². The maximum atomic E-state index is 12.9. The van der Waals surface area contributed by atoms with Crippen molar-refractivity contribution in [3.05, 3.63) is 70.4 Å². The van der Waals surface area contributed by atoms with Crippen LogP contribution in [0.25, 0.3) is 22.5 Å². The molecular weight excluding hydrogens is 402 g/mol. The Hall–Kier alpha value is -3.55. The Bertz CT molecular complexity index is 1200. The fraction of sp³-hybridized carbons (Fsp3) is 0.375. The summed E-state index contributed by atoms with van der Waals surface area (Å²) < 4.78 is 3.43. The van der Waals surface area contributed by atoms with Crippen LogP contribution in [0.5, 0.6) is 0 Å². The molecule has 0 unspecified atom stereocenters. The zero-order valence-electron chi connectivity index (χ0n) is 18.8. The number of rotatable bonds is 9. The van der Waals surface area contributed by atoms with E-state index in [1.165, 1.54) is 0 Å². The number of nitrogens with one attached hydrogen (secondary N) is 1. The fourth-order valence-corrected chi connectivity index (χ4v) is 3.71. The van der Waals surface area contributed by atoms with Crippen molar-refractivity contribution < 1.29 is 0 Å². The SMILES string of the molecule is CCCn1nc(CCC(C)C)n(Cc2ccc(-c3cccc(-c4nn[nH]n4)c3)cc2)c1=O.